The maximum atomic E-state index is 8.50. The van der Waals surface area contributed by atoms with Gasteiger partial charge in [0.2, 0.25) is 0 Å². The zero-order valence-corrected chi connectivity index (χ0v) is 8.91. The number of nitrogens with zero attached hydrogens (tertiary/aromatic N) is 1. The van der Waals surface area contributed by atoms with Crippen molar-refractivity contribution >= 4 is 27.5 Å². The Kier molecular flexibility index (Phi) is 3.13. The topological polar surface area (TPSA) is 23.8 Å². The van der Waals surface area contributed by atoms with E-state index < -0.39 is 0 Å². The van der Waals surface area contributed by atoms with Crippen LogP contribution in [0.4, 0.5) is 0 Å². The number of hydrogen-bond donors (Lipinski definition) is 0. The molecule has 12 heavy (non-hydrogen) atoms. The molecule has 62 valence electrons. The van der Waals surface area contributed by atoms with Gasteiger partial charge in [-0.25, -0.2) is 0 Å². The van der Waals surface area contributed by atoms with Crippen LogP contribution < -0.4 is 0 Å². The highest BCUT2D eigenvalue weighted by atomic mass is 79.9. The van der Waals surface area contributed by atoms with Crippen molar-refractivity contribution in [3.63, 3.8) is 0 Å². The molecule has 0 N–H and O–H groups in total. The van der Waals surface area contributed by atoms with E-state index in [0.717, 1.165) is 15.6 Å². The van der Waals surface area contributed by atoms with Crippen LogP contribution in [0.25, 0.3) is 0 Å². The number of aryl methyl sites for hydroxylation is 1. The van der Waals surface area contributed by atoms with Crippen LogP contribution in [0, 0.1) is 18.3 Å². The molecule has 0 saturated carbocycles. The van der Waals surface area contributed by atoms with Gasteiger partial charge < -0.3 is 0 Å². The summed E-state index contributed by atoms with van der Waals surface area (Å²) >= 11 is 9.32. The van der Waals surface area contributed by atoms with Gasteiger partial charge in [0.25, 0.3) is 0 Å². The van der Waals surface area contributed by atoms with E-state index >= 15 is 0 Å². The first-order chi connectivity index (χ1) is 5.65. The molecule has 0 fully saturated rings. The van der Waals surface area contributed by atoms with E-state index in [-0.39, 0.29) is 0 Å². The zero-order chi connectivity index (χ0) is 9.14. The van der Waals surface area contributed by atoms with Crippen molar-refractivity contribution in [2.24, 2.45) is 0 Å². The average molecular weight is 245 g/mol. The molecule has 0 atom stereocenters. The van der Waals surface area contributed by atoms with Gasteiger partial charge in [-0.2, -0.15) is 5.26 Å². The van der Waals surface area contributed by atoms with E-state index in [1.54, 1.807) is 0 Å². The largest absolute Gasteiger partial charge is 0.198 e. The third-order valence-electron chi connectivity index (χ3n) is 1.56. The third kappa shape index (κ3) is 2.00. The molecule has 0 spiro atoms. The van der Waals surface area contributed by atoms with Gasteiger partial charge in [-0.1, -0.05) is 27.5 Å². The van der Waals surface area contributed by atoms with E-state index in [0.29, 0.717) is 11.4 Å². The van der Waals surface area contributed by atoms with Crippen molar-refractivity contribution in [3.05, 3.63) is 32.8 Å². The fourth-order valence-electron chi connectivity index (χ4n) is 1.01. The first-order valence-corrected chi connectivity index (χ1v) is 4.63. The quantitative estimate of drug-likeness (QED) is 0.742. The minimum atomic E-state index is 0.360. The third-order valence-corrected chi connectivity index (χ3v) is 2.56. The van der Waals surface area contributed by atoms with E-state index in [2.05, 4.69) is 22.0 Å². The number of rotatable bonds is 1. The van der Waals surface area contributed by atoms with Crippen molar-refractivity contribution in [2.45, 2.75) is 13.3 Å². The Hall–Kier alpha value is -0.520. The van der Waals surface area contributed by atoms with Gasteiger partial charge in [0.05, 0.1) is 12.5 Å². The highest BCUT2D eigenvalue weighted by molar-refractivity contribution is 9.10. The summed E-state index contributed by atoms with van der Waals surface area (Å²) in [4.78, 5) is 0. The number of nitriles is 1. The van der Waals surface area contributed by atoms with E-state index in [9.17, 15) is 0 Å². The second-order valence-electron chi connectivity index (χ2n) is 2.53. The fourth-order valence-corrected chi connectivity index (χ4v) is 1.80. The van der Waals surface area contributed by atoms with Crippen LogP contribution in [0.1, 0.15) is 11.1 Å². The van der Waals surface area contributed by atoms with Gasteiger partial charge in [-0.15, -0.1) is 0 Å². The summed E-state index contributed by atoms with van der Waals surface area (Å²) in [6.45, 7) is 1.92. The van der Waals surface area contributed by atoms with Crippen molar-refractivity contribution in [1.82, 2.24) is 0 Å². The molecule has 0 aromatic heterocycles. The summed E-state index contributed by atoms with van der Waals surface area (Å²) in [7, 11) is 0. The molecule has 1 aromatic rings. The SMILES string of the molecule is Cc1cc(Br)cc(CC#N)c1Cl. The lowest BCUT2D eigenvalue weighted by atomic mass is 10.1. The highest BCUT2D eigenvalue weighted by Crippen LogP contribution is 2.25. The van der Waals surface area contributed by atoms with Gasteiger partial charge in [0, 0.05) is 9.50 Å². The van der Waals surface area contributed by atoms with Gasteiger partial charge >= 0.3 is 0 Å². The van der Waals surface area contributed by atoms with Crippen molar-refractivity contribution < 1.29 is 0 Å². The lowest BCUT2D eigenvalue weighted by molar-refractivity contribution is 1.24. The van der Waals surface area contributed by atoms with Crippen molar-refractivity contribution in [3.8, 4) is 6.07 Å². The molecule has 0 aliphatic rings. The highest BCUT2D eigenvalue weighted by Gasteiger charge is 2.03. The fraction of sp³-hybridized carbons (Fsp3) is 0.222. The first kappa shape index (κ1) is 9.57. The molecule has 0 heterocycles. The van der Waals surface area contributed by atoms with Crippen LogP contribution in [0.3, 0.4) is 0 Å². The number of halogens is 2. The molecule has 0 radical (unpaired) electrons. The lowest BCUT2D eigenvalue weighted by Gasteiger charge is -2.03. The smallest absolute Gasteiger partial charge is 0.0670 e. The number of hydrogen-bond acceptors (Lipinski definition) is 1. The van der Waals surface area contributed by atoms with Crippen LogP contribution in [0.15, 0.2) is 16.6 Å². The molecule has 1 rings (SSSR count). The molecule has 0 unspecified atom stereocenters. The maximum absolute atomic E-state index is 8.50. The second kappa shape index (κ2) is 3.93. The molecule has 0 amide bonds. The summed E-state index contributed by atoms with van der Waals surface area (Å²) in [6.07, 6.45) is 0.360. The van der Waals surface area contributed by atoms with Crippen LogP contribution >= 0.6 is 27.5 Å². The molecular formula is C9H7BrClN. The minimum Gasteiger partial charge on any atom is -0.198 e. The van der Waals surface area contributed by atoms with Crippen LogP contribution in [-0.2, 0) is 6.42 Å². The first-order valence-electron chi connectivity index (χ1n) is 3.46. The van der Waals surface area contributed by atoms with Gasteiger partial charge in [0.1, 0.15) is 0 Å². The predicted octanol–water partition coefficient (Wildman–Crippen LogP) is 3.48. The standard InChI is InChI=1S/C9H7BrClN/c1-6-4-8(10)5-7(2-3-12)9(6)11/h4-5H,2H2,1H3. The minimum absolute atomic E-state index is 0.360. The zero-order valence-electron chi connectivity index (χ0n) is 6.56. The summed E-state index contributed by atoms with van der Waals surface area (Å²) in [6, 6.07) is 5.88. The Balaban J connectivity index is 3.20. The summed E-state index contributed by atoms with van der Waals surface area (Å²) < 4.78 is 0.967. The van der Waals surface area contributed by atoms with Gasteiger partial charge in [-0.3, -0.25) is 0 Å². The summed E-state index contributed by atoms with van der Waals surface area (Å²) in [5.74, 6) is 0. The Bertz CT molecular complexity index is 341. The van der Waals surface area contributed by atoms with Crippen LogP contribution in [0.2, 0.25) is 5.02 Å². The van der Waals surface area contributed by atoms with E-state index in [1.165, 1.54) is 0 Å². The molecule has 0 saturated heterocycles. The molecule has 1 aromatic carbocycles. The van der Waals surface area contributed by atoms with Gasteiger partial charge in [-0.05, 0) is 30.2 Å². The normalized spacial score (nSPS) is 9.50. The summed E-state index contributed by atoms with van der Waals surface area (Å²) in [5, 5.41) is 9.20. The maximum Gasteiger partial charge on any atom is 0.0670 e. The lowest BCUT2D eigenvalue weighted by Crippen LogP contribution is -1.86. The van der Waals surface area contributed by atoms with Crippen molar-refractivity contribution in [2.75, 3.05) is 0 Å². The number of benzene rings is 1. The monoisotopic (exact) mass is 243 g/mol. The molecule has 0 bridgehead atoms. The Labute approximate surface area is 85.1 Å². The van der Waals surface area contributed by atoms with E-state index in [4.69, 9.17) is 16.9 Å². The Morgan fingerprint density at radius 2 is 2.25 bits per heavy atom. The Morgan fingerprint density at radius 3 is 2.83 bits per heavy atom. The molecule has 1 nitrogen and oxygen atoms in total. The van der Waals surface area contributed by atoms with E-state index in [1.807, 2.05) is 19.1 Å². The molecular weight excluding hydrogens is 237 g/mol. The van der Waals surface area contributed by atoms with Crippen LogP contribution in [0.5, 0.6) is 0 Å². The van der Waals surface area contributed by atoms with Crippen molar-refractivity contribution in [1.29, 1.82) is 5.26 Å². The molecule has 0 aliphatic carbocycles. The van der Waals surface area contributed by atoms with Gasteiger partial charge in [0.15, 0.2) is 0 Å². The predicted molar refractivity (Wildman–Crippen MR) is 53.2 cm³/mol. The molecule has 0 aliphatic heterocycles. The second-order valence-corrected chi connectivity index (χ2v) is 3.82. The summed E-state index contributed by atoms with van der Waals surface area (Å²) in [5.41, 5.74) is 1.88. The Morgan fingerprint density at radius 1 is 1.58 bits per heavy atom. The molecule has 3 heteroatoms. The average Bonchev–Trinajstić information content (AvgIpc) is 2.00. The van der Waals surface area contributed by atoms with Crippen LogP contribution in [-0.4, -0.2) is 0 Å².